The van der Waals surface area contributed by atoms with E-state index in [4.69, 9.17) is 9.47 Å². The molecule has 7 nitrogen and oxygen atoms in total. The number of rotatable bonds is 5. The van der Waals surface area contributed by atoms with Gasteiger partial charge in [-0.15, -0.1) is 15.3 Å². The van der Waals surface area contributed by atoms with Gasteiger partial charge < -0.3 is 14.8 Å². The second-order valence-corrected chi connectivity index (χ2v) is 3.79. The highest BCUT2D eigenvalue weighted by Gasteiger charge is 2.37. The van der Waals surface area contributed by atoms with Gasteiger partial charge in [-0.2, -0.15) is 17.7 Å². The van der Waals surface area contributed by atoms with Gasteiger partial charge in [0.1, 0.15) is 5.82 Å². The van der Waals surface area contributed by atoms with Crippen LogP contribution in [0.5, 0.6) is 0 Å². The maximum Gasteiger partial charge on any atom is 0.453 e. The lowest BCUT2D eigenvalue weighted by Crippen LogP contribution is -2.24. The lowest BCUT2D eigenvalue weighted by molar-refractivity contribution is -0.146. The number of nitrogens with zero attached hydrogens (tertiary/aromatic N) is 4. The van der Waals surface area contributed by atoms with Gasteiger partial charge in [0.25, 0.3) is 5.82 Å². The van der Waals surface area contributed by atoms with Crippen molar-refractivity contribution in [2.75, 3.05) is 26.1 Å². The Morgan fingerprint density at radius 2 is 1.95 bits per heavy atom. The summed E-state index contributed by atoms with van der Waals surface area (Å²) in [7, 11) is 2.90. The molecule has 0 unspecified atom stereocenters. The highest BCUT2D eigenvalue weighted by atomic mass is 19.4. The van der Waals surface area contributed by atoms with Crippen LogP contribution in [0, 0.1) is 0 Å². The number of methoxy groups -OCH3 is 2. The van der Waals surface area contributed by atoms with Crippen LogP contribution in [0.2, 0.25) is 0 Å². The quantitative estimate of drug-likeness (QED) is 0.834. The smallest absolute Gasteiger partial charge is 0.364 e. The molecule has 0 atom stereocenters. The first-order chi connectivity index (χ1) is 9.45. The molecule has 2 rings (SSSR count). The fourth-order valence-corrected chi connectivity index (χ4v) is 1.51. The predicted octanol–water partition coefficient (Wildman–Crippen LogP) is 1.17. The SMILES string of the molecule is COC(CNc1ccc2nnc(C(F)(F)F)n2n1)OC. The van der Waals surface area contributed by atoms with E-state index >= 15 is 0 Å². The summed E-state index contributed by atoms with van der Waals surface area (Å²) in [5, 5.41) is 13.1. The molecule has 2 aromatic rings. The van der Waals surface area contributed by atoms with E-state index in [1.54, 1.807) is 0 Å². The van der Waals surface area contributed by atoms with E-state index in [1.807, 2.05) is 0 Å². The molecule has 20 heavy (non-hydrogen) atoms. The Labute approximate surface area is 111 Å². The van der Waals surface area contributed by atoms with Gasteiger partial charge in [0.15, 0.2) is 11.9 Å². The minimum atomic E-state index is -4.62. The molecule has 0 amide bonds. The number of halogens is 3. The molecule has 1 N–H and O–H groups in total. The van der Waals surface area contributed by atoms with E-state index in [0.29, 0.717) is 4.52 Å². The van der Waals surface area contributed by atoms with Crippen LogP contribution < -0.4 is 5.32 Å². The Morgan fingerprint density at radius 1 is 1.25 bits per heavy atom. The molecule has 10 heteroatoms. The number of fused-ring (bicyclic) bond motifs is 1. The molecule has 0 saturated carbocycles. The third-order valence-corrected chi connectivity index (χ3v) is 2.49. The van der Waals surface area contributed by atoms with E-state index in [1.165, 1.54) is 26.4 Å². The van der Waals surface area contributed by atoms with Crippen molar-refractivity contribution >= 4 is 11.5 Å². The number of nitrogens with one attached hydrogen (secondary N) is 1. The van der Waals surface area contributed by atoms with Crippen LogP contribution >= 0.6 is 0 Å². The first-order valence-corrected chi connectivity index (χ1v) is 5.55. The van der Waals surface area contributed by atoms with Gasteiger partial charge in [0.05, 0.1) is 6.54 Å². The summed E-state index contributed by atoms with van der Waals surface area (Å²) in [6, 6.07) is 2.87. The molecule has 110 valence electrons. The second kappa shape index (κ2) is 5.59. The molecule has 0 aromatic carbocycles. The fraction of sp³-hybridized carbons (Fsp3) is 0.500. The molecule has 0 aliphatic heterocycles. The molecular formula is C10H12F3N5O2. The van der Waals surface area contributed by atoms with E-state index in [9.17, 15) is 13.2 Å². The Balaban J connectivity index is 2.24. The average Bonchev–Trinajstić information content (AvgIpc) is 2.82. The average molecular weight is 291 g/mol. The van der Waals surface area contributed by atoms with Gasteiger partial charge >= 0.3 is 6.18 Å². The minimum absolute atomic E-state index is 0.0120. The van der Waals surface area contributed by atoms with Gasteiger partial charge in [0, 0.05) is 14.2 Å². The predicted molar refractivity (Wildman–Crippen MR) is 62.1 cm³/mol. The van der Waals surface area contributed by atoms with E-state index in [0.717, 1.165) is 0 Å². The number of aromatic nitrogens is 4. The van der Waals surface area contributed by atoms with Crippen LogP contribution in [0.1, 0.15) is 5.82 Å². The minimum Gasteiger partial charge on any atom is -0.364 e. The molecule has 0 spiro atoms. The van der Waals surface area contributed by atoms with Crippen molar-refractivity contribution in [3.63, 3.8) is 0 Å². The summed E-state index contributed by atoms with van der Waals surface area (Å²) in [6.45, 7) is 0.231. The summed E-state index contributed by atoms with van der Waals surface area (Å²) in [5.41, 5.74) is 0.0120. The standard InChI is InChI=1S/C10H12F3N5O2/c1-19-8(20-2)5-14-6-3-4-7-15-16-9(10(11,12)13)18(7)17-6/h3-4,8H,5H2,1-2H3,(H,14,17). The lowest BCUT2D eigenvalue weighted by atomic mass is 10.5. The number of alkyl halides is 3. The first kappa shape index (κ1) is 14.5. The van der Waals surface area contributed by atoms with Gasteiger partial charge in [-0.25, -0.2) is 0 Å². The molecule has 0 radical (unpaired) electrons. The summed E-state index contributed by atoms with van der Waals surface area (Å²) in [6.07, 6.45) is -5.15. The van der Waals surface area contributed by atoms with Gasteiger partial charge in [-0.3, -0.25) is 0 Å². The largest absolute Gasteiger partial charge is 0.453 e. The van der Waals surface area contributed by atoms with Crippen LogP contribution in [0.25, 0.3) is 5.65 Å². The highest BCUT2D eigenvalue weighted by molar-refractivity contribution is 5.44. The van der Waals surface area contributed by atoms with Crippen molar-refractivity contribution in [2.24, 2.45) is 0 Å². The Kier molecular flexibility index (Phi) is 4.04. The zero-order chi connectivity index (χ0) is 14.8. The van der Waals surface area contributed by atoms with Crippen LogP contribution in [0.3, 0.4) is 0 Å². The van der Waals surface area contributed by atoms with Crippen molar-refractivity contribution in [1.29, 1.82) is 0 Å². The van der Waals surface area contributed by atoms with Crippen LogP contribution in [-0.4, -0.2) is 46.9 Å². The van der Waals surface area contributed by atoms with E-state index < -0.39 is 18.3 Å². The van der Waals surface area contributed by atoms with Crippen molar-refractivity contribution in [3.05, 3.63) is 18.0 Å². The molecule has 2 heterocycles. The molecular weight excluding hydrogens is 279 g/mol. The third kappa shape index (κ3) is 2.96. The molecule has 0 fully saturated rings. The second-order valence-electron chi connectivity index (χ2n) is 3.79. The molecule has 0 aliphatic rings. The lowest BCUT2D eigenvalue weighted by Gasteiger charge is -2.14. The Bertz CT molecular complexity index is 582. The number of anilines is 1. The van der Waals surface area contributed by atoms with Crippen molar-refractivity contribution < 1.29 is 22.6 Å². The Morgan fingerprint density at radius 3 is 2.55 bits per heavy atom. The van der Waals surface area contributed by atoms with Gasteiger partial charge in [-0.05, 0) is 12.1 Å². The number of hydrogen-bond donors (Lipinski definition) is 1. The number of hydrogen-bond acceptors (Lipinski definition) is 6. The summed E-state index contributed by atoms with van der Waals surface area (Å²) >= 11 is 0. The van der Waals surface area contributed by atoms with Gasteiger partial charge in [-0.1, -0.05) is 0 Å². The fourth-order valence-electron chi connectivity index (χ4n) is 1.51. The summed E-state index contributed by atoms with van der Waals surface area (Å²) < 4.78 is 48.6. The monoisotopic (exact) mass is 291 g/mol. The maximum atomic E-state index is 12.7. The molecule has 0 aliphatic carbocycles. The van der Waals surface area contributed by atoms with Crippen LogP contribution in [0.4, 0.5) is 19.0 Å². The molecule has 2 aromatic heterocycles. The molecule has 0 bridgehead atoms. The van der Waals surface area contributed by atoms with Gasteiger partial charge in [0.2, 0.25) is 0 Å². The van der Waals surface area contributed by atoms with Crippen LogP contribution in [0.15, 0.2) is 12.1 Å². The normalized spacial score (nSPS) is 12.3. The topological polar surface area (TPSA) is 73.6 Å². The Hall–Kier alpha value is -1.94. The highest BCUT2D eigenvalue weighted by Crippen LogP contribution is 2.27. The first-order valence-electron chi connectivity index (χ1n) is 5.55. The maximum absolute atomic E-state index is 12.7. The van der Waals surface area contributed by atoms with Crippen molar-refractivity contribution in [3.8, 4) is 0 Å². The zero-order valence-corrected chi connectivity index (χ0v) is 10.7. The van der Waals surface area contributed by atoms with Crippen LogP contribution in [-0.2, 0) is 15.7 Å². The number of ether oxygens (including phenoxy) is 2. The van der Waals surface area contributed by atoms with Crippen molar-refractivity contribution in [2.45, 2.75) is 12.5 Å². The van der Waals surface area contributed by atoms with E-state index in [2.05, 4.69) is 20.6 Å². The summed E-state index contributed by atoms with van der Waals surface area (Å²) in [5.74, 6) is -0.951. The summed E-state index contributed by atoms with van der Waals surface area (Å²) in [4.78, 5) is 0. The van der Waals surface area contributed by atoms with E-state index in [-0.39, 0.29) is 18.0 Å². The zero-order valence-electron chi connectivity index (χ0n) is 10.7. The third-order valence-electron chi connectivity index (χ3n) is 2.49. The molecule has 0 saturated heterocycles. The van der Waals surface area contributed by atoms with Crippen molar-refractivity contribution in [1.82, 2.24) is 19.8 Å².